The Morgan fingerprint density at radius 1 is 1.50 bits per heavy atom. The lowest BCUT2D eigenvalue weighted by atomic mass is 10.1. The molecule has 0 fully saturated rings. The van der Waals surface area contributed by atoms with Crippen molar-refractivity contribution >= 4 is 38.2 Å². The first kappa shape index (κ1) is 14.6. The van der Waals surface area contributed by atoms with E-state index in [1.54, 1.807) is 6.20 Å². The molecule has 0 aliphatic rings. The molecule has 104 valence electrons. The van der Waals surface area contributed by atoms with Crippen LogP contribution in [0.1, 0.15) is 13.8 Å². The normalized spacial score (nSPS) is 12.1. The molecular formula is C15H17BrN4. The summed E-state index contributed by atoms with van der Waals surface area (Å²) in [6.45, 7) is 5.43. The molecule has 0 radical (unpaired) electrons. The third-order valence-electron chi connectivity index (χ3n) is 3.24. The average molecular weight is 333 g/mol. The second-order valence-corrected chi connectivity index (χ2v) is 5.71. The largest absolute Gasteiger partial charge is 0.396 e. The Balaban J connectivity index is 2.58. The lowest BCUT2D eigenvalue weighted by molar-refractivity contribution is 0.688. The number of halogens is 1. The number of hydrogen-bond donors (Lipinski definition) is 1. The molecule has 0 aliphatic carbocycles. The summed E-state index contributed by atoms with van der Waals surface area (Å²) in [6, 6.07) is 8.22. The van der Waals surface area contributed by atoms with Gasteiger partial charge in [0.1, 0.15) is 0 Å². The highest BCUT2D eigenvalue weighted by Gasteiger charge is 2.15. The molecule has 2 aromatic rings. The Hall–Kier alpha value is -1.80. The van der Waals surface area contributed by atoms with Gasteiger partial charge < -0.3 is 10.6 Å². The second-order valence-electron chi connectivity index (χ2n) is 4.79. The number of pyridine rings is 1. The number of rotatable bonds is 4. The lowest BCUT2D eigenvalue weighted by Crippen LogP contribution is -2.28. The highest BCUT2D eigenvalue weighted by atomic mass is 79.9. The van der Waals surface area contributed by atoms with Crippen LogP contribution in [0, 0.1) is 17.2 Å². The molecule has 0 aliphatic heterocycles. The number of nitriles is 1. The number of nitrogens with zero attached hydrogens (tertiary/aromatic N) is 3. The molecule has 1 unspecified atom stereocenters. The molecule has 2 N–H and O–H groups in total. The smallest absolute Gasteiger partial charge is 0.0745 e. The van der Waals surface area contributed by atoms with Crippen molar-refractivity contribution in [1.29, 1.82) is 5.26 Å². The van der Waals surface area contributed by atoms with Crippen LogP contribution in [0.15, 0.2) is 28.9 Å². The van der Waals surface area contributed by atoms with Crippen molar-refractivity contribution in [2.24, 2.45) is 5.92 Å². The van der Waals surface area contributed by atoms with Crippen molar-refractivity contribution in [1.82, 2.24) is 4.98 Å². The Labute approximate surface area is 127 Å². The lowest BCUT2D eigenvalue weighted by Gasteiger charge is -2.27. The van der Waals surface area contributed by atoms with Crippen molar-refractivity contribution < 1.29 is 0 Å². The zero-order valence-electron chi connectivity index (χ0n) is 11.6. The summed E-state index contributed by atoms with van der Waals surface area (Å²) in [6.07, 6.45) is 1.69. The Bertz CT molecular complexity index is 657. The second kappa shape index (κ2) is 6.10. The number of nitrogen functional groups attached to an aromatic ring is 1. The van der Waals surface area contributed by atoms with Gasteiger partial charge in [0.15, 0.2) is 0 Å². The van der Waals surface area contributed by atoms with Crippen LogP contribution in [0.25, 0.3) is 10.9 Å². The fraction of sp³-hybridized carbons (Fsp3) is 0.333. The van der Waals surface area contributed by atoms with Gasteiger partial charge in [-0.15, -0.1) is 0 Å². The quantitative estimate of drug-likeness (QED) is 0.929. The number of benzene rings is 1. The first-order valence-electron chi connectivity index (χ1n) is 6.55. The minimum Gasteiger partial charge on any atom is -0.396 e. The van der Waals surface area contributed by atoms with E-state index in [4.69, 9.17) is 11.0 Å². The molecule has 1 aromatic heterocycles. The van der Waals surface area contributed by atoms with E-state index in [0.717, 1.165) is 27.6 Å². The summed E-state index contributed by atoms with van der Waals surface area (Å²) >= 11 is 3.49. The van der Waals surface area contributed by atoms with Crippen LogP contribution < -0.4 is 10.6 Å². The summed E-state index contributed by atoms with van der Waals surface area (Å²) < 4.78 is 0.989. The van der Waals surface area contributed by atoms with Gasteiger partial charge in [0.05, 0.1) is 35.1 Å². The average Bonchev–Trinajstić information content (AvgIpc) is 2.45. The Kier molecular flexibility index (Phi) is 4.46. The van der Waals surface area contributed by atoms with Gasteiger partial charge in [-0.1, -0.05) is 15.9 Å². The van der Waals surface area contributed by atoms with E-state index in [0.29, 0.717) is 12.2 Å². The molecular weight excluding hydrogens is 316 g/mol. The summed E-state index contributed by atoms with van der Waals surface area (Å²) in [7, 11) is 0. The zero-order chi connectivity index (χ0) is 14.7. The van der Waals surface area contributed by atoms with E-state index in [-0.39, 0.29) is 5.92 Å². The zero-order valence-corrected chi connectivity index (χ0v) is 13.2. The SMILES string of the molecule is CCN(CC(C)C#N)c1c(N)cnc2ccc(Br)cc12. The highest BCUT2D eigenvalue weighted by molar-refractivity contribution is 9.10. The molecule has 0 spiro atoms. The third-order valence-corrected chi connectivity index (χ3v) is 3.74. The maximum absolute atomic E-state index is 9.03. The van der Waals surface area contributed by atoms with Crippen LogP contribution in [-0.2, 0) is 0 Å². The van der Waals surface area contributed by atoms with E-state index in [1.807, 2.05) is 25.1 Å². The van der Waals surface area contributed by atoms with Crippen molar-refractivity contribution in [2.45, 2.75) is 13.8 Å². The summed E-state index contributed by atoms with van der Waals surface area (Å²) in [5, 5.41) is 10.0. The molecule has 5 heteroatoms. The van der Waals surface area contributed by atoms with Crippen LogP contribution in [0.4, 0.5) is 11.4 Å². The fourth-order valence-electron chi connectivity index (χ4n) is 2.27. The van der Waals surface area contributed by atoms with Crippen LogP contribution >= 0.6 is 15.9 Å². The molecule has 20 heavy (non-hydrogen) atoms. The van der Waals surface area contributed by atoms with Gasteiger partial charge in [-0.05, 0) is 32.0 Å². The van der Waals surface area contributed by atoms with Gasteiger partial charge in [-0.25, -0.2) is 0 Å². The van der Waals surface area contributed by atoms with Gasteiger partial charge in [-0.3, -0.25) is 4.98 Å². The summed E-state index contributed by atoms with van der Waals surface area (Å²) in [5.74, 6) is -0.0512. The molecule has 0 bridgehead atoms. The third kappa shape index (κ3) is 2.86. The van der Waals surface area contributed by atoms with Crippen LogP contribution in [0.2, 0.25) is 0 Å². The van der Waals surface area contributed by atoms with Gasteiger partial charge in [-0.2, -0.15) is 5.26 Å². The van der Waals surface area contributed by atoms with Crippen molar-refractivity contribution in [3.63, 3.8) is 0 Å². The standard InChI is InChI=1S/C15H17BrN4/c1-3-20(9-10(2)7-17)15-12-6-11(16)4-5-14(12)19-8-13(15)18/h4-6,8,10H,3,9,18H2,1-2H3. The van der Waals surface area contributed by atoms with Gasteiger partial charge in [0.2, 0.25) is 0 Å². The van der Waals surface area contributed by atoms with Gasteiger partial charge >= 0.3 is 0 Å². The van der Waals surface area contributed by atoms with Gasteiger partial charge in [0, 0.05) is 22.9 Å². The molecule has 1 heterocycles. The first-order valence-corrected chi connectivity index (χ1v) is 7.34. The molecule has 0 saturated heterocycles. The fourth-order valence-corrected chi connectivity index (χ4v) is 2.63. The summed E-state index contributed by atoms with van der Waals surface area (Å²) in [5.41, 5.74) is 8.63. The number of aromatic nitrogens is 1. The highest BCUT2D eigenvalue weighted by Crippen LogP contribution is 2.33. The van der Waals surface area contributed by atoms with Crippen LogP contribution in [0.3, 0.4) is 0 Å². The predicted molar refractivity (Wildman–Crippen MR) is 86.5 cm³/mol. The van der Waals surface area contributed by atoms with E-state index < -0.39 is 0 Å². The molecule has 2 rings (SSSR count). The predicted octanol–water partition coefficient (Wildman–Crippen LogP) is 3.57. The minimum absolute atomic E-state index is 0.0512. The topological polar surface area (TPSA) is 65.9 Å². The number of hydrogen-bond acceptors (Lipinski definition) is 4. The Morgan fingerprint density at radius 3 is 2.90 bits per heavy atom. The Morgan fingerprint density at radius 2 is 2.25 bits per heavy atom. The van der Waals surface area contributed by atoms with Crippen LogP contribution in [0.5, 0.6) is 0 Å². The first-order chi connectivity index (χ1) is 9.56. The monoisotopic (exact) mass is 332 g/mol. The van der Waals surface area contributed by atoms with E-state index >= 15 is 0 Å². The minimum atomic E-state index is -0.0512. The van der Waals surface area contributed by atoms with Crippen molar-refractivity contribution in [3.05, 3.63) is 28.9 Å². The summed E-state index contributed by atoms with van der Waals surface area (Å²) in [4.78, 5) is 6.50. The number of fused-ring (bicyclic) bond motifs is 1. The molecule has 1 aromatic carbocycles. The van der Waals surface area contributed by atoms with Crippen molar-refractivity contribution in [2.75, 3.05) is 23.7 Å². The molecule has 1 atom stereocenters. The molecule has 0 saturated carbocycles. The number of anilines is 2. The van der Waals surface area contributed by atoms with Gasteiger partial charge in [0.25, 0.3) is 0 Å². The number of nitrogens with two attached hydrogens (primary N) is 1. The van der Waals surface area contributed by atoms with Crippen LogP contribution in [-0.4, -0.2) is 18.1 Å². The molecule has 0 amide bonds. The van der Waals surface area contributed by atoms with E-state index in [1.165, 1.54) is 0 Å². The maximum atomic E-state index is 9.03. The molecule has 4 nitrogen and oxygen atoms in total. The van der Waals surface area contributed by atoms with E-state index in [2.05, 4.69) is 38.8 Å². The van der Waals surface area contributed by atoms with E-state index in [9.17, 15) is 0 Å². The van der Waals surface area contributed by atoms with Crippen molar-refractivity contribution in [3.8, 4) is 6.07 Å². The maximum Gasteiger partial charge on any atom is 0.0745 e.